The van der Waals surface area contributed by atoms with Gasteiger partial charge >= 0.3 is 5.97 Å². The van der Waals surface area contributed by atoms with Gasteiger partial charge in [0.25, 0.3) is 5.79 Å². The lowest BCUT2D eigenvalue weighted by molar-refractivity contribution is -0.383. The molecule has 36 heteroatoms. The van der Waals surface area contributed by atoms with Crippen molar-refractivity contribution in [3.8, 4) is 0 Å². The van der Waals surface area contributed by atoms with Crippen LogP contribution in [0.1, 0.15) is 34.1 Å². The van der Waals surface area contributed by atoms with Crippen molar-refractivity contribution in [1.29, 1.82) is 0 Å². The van der Waals surface area contributed by atoms with E-state index in [1.165, 1.54) is 6.92 Å². The molecule has 0 radical (unpaired) electrons. The van der Waals surface area contributed by atoms with Crippen molar-refractivity contribution in [2.45, 2.75) is 217 Å². The van der Waals surface area contributed by atoms with Crippen molar-refractivity contribution >= 4 is 23.7 Å². The van der Waals surface area contributed by atoms with Crippen molar-refractivity contribution in [1.82, 2.24) is 16.0 Å². The third kappa shape index (κ3) is 15.8. The molecule has 0 unspecified atom stereocenters. The van der Waals surface area contributed by atoms with Crippen LogP contribution in [0.4, 0.5) is 0 Å². The van der Waals surface area contributed by atoms with Crippen LogP contribution in [0.3, 0.4) is 0 Å². The summed E-state index contributed by atoms with van der Waals surface area (Å²) >= 11 is 0. The van der Waals surface area contributed by atoms with Crippen LogP contribution in [-0.4, -0.2) is 344 Å². The van der Waals surface area contributed by atoms with Gasteiger partial charge in [-0.1, -0.05) is 0 Å². The SMILES string of the molecule is CC(=O)N[C@H]1[C@H](OC[C@@H](O)[C@H](O)[C@H](O[C@@H]2O[C@H](CO)[C@H](O)[C@H](O[C@]3(C(=O)O)C[C@H](O)[C@@H](NC(C)=O)[C@H]([C@H](O)[C@H](O)CO)O3)[C@H]2O)[C@H](CO)NC(C)=O)O[C@H](CO)[C@@H](O[C@@H]2O[C@H](CO)[C@H](O)[C@H](O)[C@H]2O[C@@H]2O[C@@H](C)[C@@H](O)[C@@H](O)[C@@H]2O)[C@@H]1O. The number of ether oxygens (including phenoxy) is 10. The number of nitrogens with one attached hydrogen (secondary N) is 3. The zero-order chi connectivity index (χ0) is 60.7. The van der Waals surface area contributed by atoms with E-state index in [1.54, 1.807) is 0 Å². The summed E-state index contributed by atoms with van der Waals surface area (Å²) in [6.45, 7) is -2.37. The van der Waals surface area contributed by atoms with E-state index in [0.717, 1.165) is 20.8 Å². The van der Waals surface area contributed by atoms with E-state index in [1.807, 2.05) is 0 Å². The Kier molecular flexibility index (Phi) is 25.1. The van der Waals surface area contributed by atoms with E-state index in [0.29, 0.717) is 0 Å². The van der Waals surface area contributed by atoms with Gasteiger partial charge in [0.2, 0.25) is 17.7 Å². The molecule has 0 aromatic rings. The van der Waals surface area contributed by atoms with Crippen LogP contribution < -0.4 is 16.0 Å². The second-order valence-electron chi connectivity index (χ2n) is 20.2. The molecule has 0 saturated carbocycles. The average Bonchev–Trinajstić information content (AvgIpc) is 3.41. The molecule has 5 rings (SSSR count). The van der Waals surface area contributed by atoms with Crippen molar-refractivity contribution in [2.24, 2.45) is 0 Å². The number of hydrogen-bond acceptors (Lipinski definition) is 32. The number of carbonyl (C=O) groups is 4. The maximum Gasteiger partial charge on any atom is 0.364 e. The summed E-state index contributed by atoms with van der Waals surface area (Å²) in [7, 11) is 0. The lowest BCUT2D eigenvalue weighted by atomic mass is 9.88. The maximum absolute atomic E-state index is 13.0. The Morgan fingerprint density at radius 2 is 1.15 bits per heavy atom. The van der Waals surface area contributed by atoms with Gasteiger partial charge in [0.1, 0.15) is 128 Å². The summed E-state index contributed by atoms with van der Waals surface area (Å²) in [5.74, 6) is -7.94. The standard InChI is InChI=1S/C45H77N3O33/c1-12-25(60)31(66)33(68)41(73-12)79-39-32(67)28(63)20(8-51)75-43(39)78-36-22(10-53)76-40(24(30(36)65)48-15(4)56)72-11-19(59)27(62)35(16(6-49)46-13(2)54)77-42-34(69)38(29(64)21(9-52)74-42)81-45(44(70)71)5-17(57)23(47-14(3)55)37(80-45)26(61)18(58)7-50/h12,16-43,49-53,57-69H,5-11H2,1-4H3,(H,46,54)(H,47,55)(H,48,56)(H,70,71)/t12-,16-,17-,18+,19+,20+,21+,22+,23+,24+,25+,26+,27-,28-,29-,30+,31+,32-,33-,34+,35+,36+,37+,38-,39+,40+,41-,42-,43-,45-/m0/s1. The van der Waals surface area contributed by atoms with Gasteiger partial charge in [-0.2, -0.15) is 0 Å². The lowest BCUT2D eigenvalue weighted by Crippen LogP contribution is -2.70. The Morgan fingerprint density at radius 3 is 1.70 bits per heavy atom. The number of amides is 3. The van der Waals surface area contributed by atoms with Gasteiger partial charge in [0.05, 0.1) is 63.9 Å². The largest absolute Gasteiger partial charge is 0.477 e. The van der Waals surface area contributed by atoms with Crippen LogP contribution in [0.15, 0.2) is 0 Å². The fourth-order valence-electron chi connectivity index (χ4n) is 9.86. The summed E-state index contributed by atoms with van der Waals surface area (Å²) in [4.78, 5) is 50.0. The monoisotopic (exact) mass is 1190 g/mol. The van der Waals surface area contributed by atoms with Gasteiger partial charge in [0.15, 0.2) is 25.2 Å². The predicted molar refractivity (Wildman–Crippen MR) is 252 cm³/mol. The molecule has 0 aliphatic carbocycles. The number of carboxylic acid groups (broad SMARTS) is 1. The highest BCUT2D eigenvalue weighted by Gasteiger charge is 2.61. The molecule has 0 bridgehead atoms. The first kappa shape index (κ1) is 68.5. The van der Waals surface area contributed by atoms with Gasteiger partial charge in [-0.3, -0.25) is 14.4 Å². The molecule has 5 aliphatic heterocycles. The van der Waals surface area contributed by atoms with Crippen LogP contribution in [0.2, 0.25) is 0 Å². The number of aliphatic hydroxyl groups excluding tert-OH is 18. The van der Waals surface area contributed by atoms with E-state index in [9.17, 15) is 116 Å². The first-order chi connectivity index (χ1) is 38.0. The smallest absolute Gasteiger partial charge is 0.364 e. The molecule has 0 aromatic heterocycles. The van der Waals surface area contributed by atoms with Crippen LogP contribution in [0.5, 0.6) is 0 Å². The summed E-state index contributed by atoms with van der Waals surface area (Å²) < 4.78 is 57.0. The van der Waals surface area contributed by atoms with Crippen molar-refractivity contribution in [3.05, 3.63) is 0 Å². The van der Waals surface area contributed by atoms with Gasteiger partial charge in [-0.05, 0) is 6.92 Å². The fourth-order valence-corrected chi connectivity index (χ4v) is 9.86. The van der Waals surface area contributed by atoms with Gasteiger partial charge in [0, 0.05) is 27.2 Å². The summed E-state index contributed by atoms with van der Waals surface area (Å²) in [6, 6.07) is -5.25. The zero-order valence-electron chi connectivity index (χ0n) is 43.9. The highest BCUT2D eigenvalue weighted by Crippen LogP contribution is 2.39. The molecule has 5 saturated heterocycles. The Labute approximate surface area is 459 Å². The minimum Gasteiger partial charge on any atom is -0.477 e. The summed E-state index contributed by atoms with van der Waals surface area (Å²) in [5.41, 5.74) is 0. The first-order valence-electron chi connectivity index (χ1n) is 25.5. The van der Waals surface area contributed by atoms with Gasteiger partial charge in [-0.15, -0.1) is 0 Å². The minimum atomic E-state index is -3.23. The summed E-state index contributed by atoms with van der Waals surface area (Å²) in [6.07, 6.45) is -53.3. The summed E-state index contributed by atoms with van der Waals surface area (Å²) in [5, 5.41) is 211. The van der Waals surface area contributed by atoms with Crippen molar-refractivity contribution < 1.29 is 164 Å². The van der Waals surface area contributed by atoms with Crippen LogP contribution in [0, 0.1) is 0 Å². The van der Waals surface area contributed by atoms with E-state index in [2.05, 4.69) is 16.0 Å². The Hall–Kier alpha value is -3.24. The quantitative estimate of drug-likeness (QED) is 0.0404. The number of aliphatic carboxylic acids is 1. The fraction of sp³-hybridized carbons (Fsp3) is 0.911. The second kappa shape index (κ2) is 29.7. The molecule has 5 fully saturated rings. The Balaban J connectivity index is 1.39. The van der Waals surface area contributed by atoms with E-state index in [-0.39, 0.29) is 0 Å². The zero-order valence-corrected chi connectivity index (χ0v) is 43.9. The molecule has 3 amide bonds. The average molecular weight is 1190 g/mol. The molecule has 0 spiro atoms. The topological polar surface area (TPSA) is 581 Å². The molecular formula is C45H77N3O33. The molecule has 0 aromatic carbocycles. The number of carboxylic acids is 1. The second-order valence-corrected chi connectivity index (χ2v) is 20.2. The minimum absolute atomic E-state index is 0.838. The third-order valence-corrected chi connectivity index (χ3v) is 14.2. The van der Waals surface area contributed by atoms with E-state index < -0.39 is 253 Å². The van der Waals surface area contributed by atoms with E-state index >= 15 is 0 Å². The van der Waals surface area contributed by atoms with E-state index in [4.69, 9.17) is 47.4 Å². The molecule has 36 nitrogen and oxygen atoms in total. The van der Waals surface area contributed by atoms with Crippen LogP contribution in [0.25, 0.3) is 0 Å². The predicted octanol–water partition coefficient (Wildman–Crippen LogP) is -13.8. The lowest BCUT2D eigenvalue weighted by Gasteiger charge is -2.50. The Bertz CT molecular complexity index is 2020. The maximum atomic E-state index is 13.0. The molecule has 5 heterocycles. The normalized spacial score (nSPS) is 42.6. The van der Waals surface area contributed by atoms with Crippen molar-refractivity contribution in [3.63, 3.8) is 0 Å². The molecule has 81 heavy (non-hydrogen) atoms. The number of aliphatic hydroxyl groups is 18. The number of rotatable bonds is 25. The van der Waals surface area contributed by atoms with Crippen molar-refractivity contribution in [2.75, 3.05) is 39.6 Å². The van der Waals surface area contributed by atoms with Gasteiger partial charge < -0.3 is 160 Å². The first-order valence-corrected chi connectivity index (χ1v) is 25.5. The van der Waals surface area contributed by atoms with Crippen LogP contribution >= 0.6 is 0 Å². The number of hydrogen-bond donors (Lipinski definition) is 22. The Morgan fingerprint density at radius 1 is 0.580 bits per heavy atom. The molecule has 470 valence electrons. The highest BCUT2D eigenvalue weighted by atomic mass is 16.8. The molecule has 5 aliphatic rings. The molecule has 22 N–H and O–H groups in total. The van der Waals surface area contributed by atoms with Crippen LogP contribution in [-0.2, 0) is 66.5 Å². The number of carbonyl (C=O) groups excluding carboxylic acids is 3. The highest BCUT2D eigenvalue weighted by molar-refractivity contribution is 5.77. The molecular weight excluding hydrogens is 1110 g/mol. The molecule has 30 atom stereocenters. The van der Waals surface area contributed by atoms with Gasteiger partial charge in [-0.25, -0.2) is 4.79 Å². The third-order valence-electron chi connectivity index (χ3n) is 14.2.